The van der Waals surface area contributed by atoms with Crippen LogP contribution in [-0.2, 0) is 9.59 Å². The van der Waals surface area contributed by atoms with Crippen molar-refractivity contribution in [3.8, 4) is 11.3 Å². The first-order valence-electron chi connectivity index (χ1n) is 9.11. The van der Waals surface area contributed by atoms with Gasteiger partial charge in [0.1, 0.15) is 17.1 Å². The quantitative estimate of drug-likeness (QED) is 0.493. The number of hydrogen-bond donors (Lipinski definition) is 2. The number of aromatic nitrogens is 1. The van der Waals surface area contributed by atoms with E-state index in [0.717, 1.165) is 4.90 Å². The zero-order valence-electron chi connectivity index (χ0n) is 16.2. The molecular weight excluding hydrogens is 402 g/mol. The molecule has 2 N–H and O–H groups in total. The number of nitrogens with zero attached hydrogens (tertiary/aromatic N) is 2. The number of carboxylic acid groups (broad SMARTS) is 1. The van der Waals surface area contributed by atoms with Gasteiger partial charge in [0.05, 0.1) is 11.3 Å². The predicted octanol–water partition coefficient (Wildman–Crippen LogP) is 3.01. The van der Waals surface area contributed by atoms with Crippen molar-refractivity contribution in [2.24, 2.45) is 0 Å². The third kappa shape index (κ3) is 3.60. The standard InChI is InChI=1S/C22H15N3O6/c1-12-15(3-2-4-16(12)21(28)29)18-6-5-14(31-18)11-17-19(26)24-22(30)25(20(17)27)13-7-9-23-10-8-13/h2-11H,1H3,(H,28,29)(H,24,26,30)/b17-11+. The second-order valence-electron chi connectivity index (χ2n) is 6.65. The highest BCUT2D eigenvalue weighted by molar-refractivity contribution is 6.39. The maximum absolute atomic E-state index is 12.9. The van der Waals surface area contributed by atoms with Crippen LogP contribution < -0.4 is 10.2 Å². The van der Waals surface area contributed by atoms with Gasteiger partial charge >= 0.3 is 12.0 Å². The molecule has 154 valence electrons. The van der Waals surface area contributed by atoms with E-state index in [1.807, 2.05) is 0 Å². The number of rotatable bonds is 4. The lowest BCUT2D eigenvalue weighted by Crippen LogP contribution is -2.54. The molecule has 0 saturated carbocycles. The molecule has 3 aromatic rings. The molecule has 31 heavy (non-hydrogen) atoms. The van der Waals surface area contributed by atoms with Gasteiger partial charge in [0.15, 0.2) is 0 Å². The van der Waals surface area contributed by atoms with Crippen molar-refractivity contribution in [3.63, 3.8) is 0 Å². The number of hydrogen-bond acceptors (Lipinski definition) is 6. The highest BCUT2D eigenvalue weighted by Crippen LogP contribution is 2.29. The summed E-state index contributed by atoms with van der Waals surface area (Å²) in [6, 6.07) is 10.0. The molecule has 1 aliphatic heterocycles. The molecule has 1 aliphatic rings. The van der Waals surface area contributed by atoms with E-state index in [-0.39, 0.29) is 22.6 Å². The van der Waals surface area contributed by atoms with Crippen LogP contribution in [0, 0.1) is 6.92 Å². The molecule has 0 atom stereocenters. The number of anilines is 1. The van der Waals surface area contributed by atoms with Crippen LogP contribution in [0.25, 0.3) is 17.4 Å². The van der Waals surface area contributed by atoms with Gasteiger partial charge in [-0.25, -0.2) is 14.5 Å². The average molecular weight is 417 g/mol. The van der Waals surface area contributed by atoms with Crippen molar-refractivity contribution in [1.82, 2.24) is 10.3 Å². The second kappa shape index (κ2) is 7.71. The first-order chi connectivity index (χ1) is 14.9. The maximum atomic E-state index is 12.9. The van der Waals surface area contributed by atoms with Gasteiger partial charge < -0.3 is 9.52 Å². The average Bonchev–Trinajstić information content (AvgIpc) is 3.20. The number of nitrogens with one attached hydrogen (secondary N) is 1. The zero-order valence-corrected chi connectivity index (χ0v) is 16.2. The number of carboxylic acids is 1. The summed E-state index contributed by atoms with van der Waals surface area (Å²) in [4.78, 5) is 53.4. The number of aromatic carboxylic acids is 1. The first-order valence-corrected chi connectivity index (χ1v) is 9.11. The molecule has 0 bridgehead atoms. The Kier molecular flexibility index (Phi) is 4.92. The monoisotopic (exact) mass is 417 g/mol. The highest BCUT2D eigenvalue weighted by atomic mass is 16.4. The Bertz CT molecular complexity index is 1260. The lowest BCUT2D eigenvalue weighted by atomic mass is 10.0. The maximum Gasteiger partial charge on any atom is 0.335 e. The molecule has 1 fully saturated rings. The van der Waals surface area contributed by atoms with Gasteiger partial charge in [0.25, 0.3) is 11.8 Å². The molecule has 9 heteroatoms. The van der Waals surface area contributed by atoms with Crippen LogP contribution in [0.3, 0.4) is 0 Å². The van der Waals surface area contributed by atoms with E-state index in [1.54, 1.807) is 31.2 Å². The summed E-state index contributed by atoms with van der Waals surface area (Å²) in [7, 11) is 0. The summed E-state index contributed by atoms with van der Waals surface area (Å²) in [6.07, 6.45) is 4.07. The van der Waals surface area contributed by atoms with E-state index in [1.165, 1.54) is 36.7 Å². The number of carbonyl (C=O) groups is 4. The molecule has 4 amide bonds. The van der Waals surface area contributed by atoms with Crippen molar-refractivity contribution in [3.05, 3.63) is 77.3 Å². The summed E-state index contributed by atoms with van der Waals surface area (Å²) >= 11 is 0. The molecule has 0 aliphatic carbocycles. The van der Waals surface area contributed by atoms with Crippen molar-refractivity contribution in [2.45, 2.75) is 6.92 Å². The fourth-order valence-corrected chi connectivity index (χ4v) is 3.24. The third-order valence-electron chi connectivity index (χ3n) is 4.77. The minimum atomic E-state index is -1.06. The topological polar surface area (TPSA) is 130 Å². The van der Waals surface area contributed by atoms with Gasteiger partial charge in [-0.15, -0.1) is 0 Å². The van der Waals surface area contributed by atoms with Gasteiger partial charge in [-0.3, -0.25) is 19.9 Å². The van der Waals surface area contributed by atoms with Crippen LogP contribution >= 0.6 is 0 Å². The molecule has 2 aromatic heterocycles. The number of pyridine rings is 1. The van der Waals surface area contributed by atoms with Crippen molar-refractivity contribution in [2.75, 3.05) is 4.90 Å². The summed E-state index contributed by atoms with van der Waals surface area (Å²) in [5.74, 6) is -2.14. The minimum absolute atomic E-state index is 0.141. The summed E-state index contributed by atoms with van der Waals surface area (Å²) < 4.78 is 5.74. The van der Waals surface area contributed by atoms with Crippen LogP contribution in [0.1, 0.15) is 21.7 Å². The second-order valence-corrected chi connectivity index (χ2v) is 6.65. The molecule has 9 nitrogen and oxygen atoms in total. The molecular formula is C22H15N3O6. The number of imide groups is 2. The van der Waals surface area contributed by atoms with Gasteiger partial charge in [-0.1, -0.05) is 12.1 Å². The highest BCUT2D eigenvalue weighted by Gasteiger charge is 2.37. The Morgan fingerprint density at radius 1 is 1.10 bits per heavy atom. The number of urea groups is 1. The van der Waals surface area contributed by atoms with Gasteiger partial charge in [0.2, 0.25) is 0 Å². The SMILES string of the molecule is Cc1c(C(=O)O)cccc1-c1ccc(/C=C2\C(=O)NC(=O)N(c3ccncc3)C2=O)o1. The molecule has 4 rings (SSSR count). The first kappa shape index (κ1) is 19.8. The molecule has 3 heterocycles. The van der Waals surface area contributed by atoms with Crippen LogP contribution in [-0.4, -0.2) is 33.9 Å². The Labute approximate surface area is 175 Å². The molecule has 1 saturated heterocycles. The van der Waals surface area contributed by atoms with E-state index in [0.29, 0.717) is 16.9 Å². The van der Waals surface area contributed by atoms with Crippen LogP contribution in [0.2, 0.25) is 0 Å². The summed E-state index contributed by atoms with van der Waals surface area (Å²) in [5, 5.41) is 11.4. The lowest BCUT2D eigenvalue weighted by Gasteiger charge is -2.25. The number of barbiturate groups is 1. The third-order valence-corrected chi connectivity index (χ3v) is 4.77. The predicted molar refractivity (Wildman–Crippen MR) is 109 cm³/mol. The molecule has 0 spiro atoms. The number of carbonyl (C=O) groups excluding carboxylic acids is 3. The number of benzene rings is 1. The summed E-state index contributed by atoms with van der Waals surface area (Å²) in [6.45, 7) is 1.66. The van der Waals surface area contributed by atoms with Crippen molar-refractivity contribution < 1.29 is 28.7 Å². The Morgan fingerprint density at radius 3 is 2.55 bits per heavy atom. The van der Waals surface area contributed by atoms with E-state index >= 15 is 0 Å². The zero-order chi connectivity index (χ0) is 22.1. The van der Waals surface area contributed by atoms with E-state index in [4.69, 9.17) is 4.42 Å². The Balaban J connectivity index is 1.69. The van der Waals surface area contributed by atoms with E-state index in [2.05, 4.69) is 10.3 Å². The lowest BCUT2D eigenvalue weighted by molar-refractivity contribution is -0.122. The molecule has 1 aromatic carbocycles. The van der Waals surface area contributed by atoms with Crippen LogP contribution in [0.4, 0.5) is 10.5 Å². The van der Waals surface area contributed by atoms with Crippen LogP contribution in [0.15, 0.2) is 64.8 Å². The minimum Gasteiger partial charge on any atom is -0.478 e. The largest absolute Gasteiger partial charge is 0.478 e. The van der Waals surface area contributed by atoms with Gasteiger partial charge in [-0.05, 0) is 48.9 Å². The number of amides is 4. The molecule has 0 unspecified atom stereocenters. The van der Waals surface area contributed by atoms with Crippen molar-refractivity contribution in [1.29, 1.82) is 0 Å². The summed E-state index contributed by atoms with van der Waals surface area (Å²) in [5.41, 5.74) is 1.20. The Hall–Kier alpha value is -4.53. The van der Waals surface area contributed by atoms with Crippen molar-refractivity contribution >= 4 is 35.6 Å². The van der Waals surface area contributed by atoms with Gasteiger partial charge in [-0.2, -0.15) is 0 Å². The fourth-order valence-electron chi connectivity index (χ4n) is 3.24. The van der Waals surface area contributed by atoms with Gasteiger partial charge in [0, 0.05) is 18.0 Å². The van der Waals surface area contributed by atoms with Crippen LogP contribution in [0.5, 0.6) is 0 Å². The fraction of sp³-hybridized carbons (Fsp3) is 0.0455. The smallest absolute Gasteiger partial charge is 0.335 e. The number of furan rings is 1. The molecule has 0 radical (unpaired) electrons. The van der Waals surface area contributed by atoms with E-state index < -0.39 is 23.8 Å². The van der Waals surface area contributed by atoms with E-state index in [9.17, 15) is 24.3 Å². The Morgan fingerprint density at radius 2 is 1.84 bits per heavy atom. The normalized spacial score (nSPS) is 15.3.